The molecule has 0 bridgehead atoms. The summed E-state index contributed by atoms with van der Waals surface area (Å²) >= 11 is 0. The van der Waals surface area contributed by atoms with Crippen LogP contribution in [0.25, 0.3) is 0 Å². The quantitative estimate of drug-likeness (QED) is 0.852. The minimum Gasteiger partial charge on any atom is -0.493 e. The van der Waals surface area contributed by atoms with Crippen molar-refractivity contribution in [3.05, 3.63) is 29.3 Å². The van der Waals surface area contributed by atoms with E-state index in [0.717, 1.165) is 7.11 Å². The monoisotopic (exact) mass is 264 g/mol. The molecular weight excluding hydrogens is 256 g/mol. The highest BCUT2D eigenvalue weighted by Gasteiger charge is 2.78. The SMILES string of the molecule is COc1c(F)cc(F)cc1C1(C(=O)O)CC1(F)F. The molecule has 0 aromatic heterocycles. The van der Waals surface area contributed by atoms with E-state index in [2.05, 4.69) is 4.74 Å². The molecule has 2 rings (SSSR count). The fraction of sp³-hybridized carbons (Fsp3) is 0.364. The van der Waals surface area contributed by atoms with E-state index in [9.17, 15) is 22.4 Å². The number of rotatable bonds is 3. The summed E-state index contributed by atoms with van der Waals surface area (Å²) in [6.07, 6.45) is -1.01. The molecule has 98 valence electrons. The fourth-order valence-corrected chi connectivity index (χ4v) is 2.01. The number of benzene rings is 1. The molecule has 1 aromatic rings. The first kappa shape index (κ1) is 12.7. The van der Waals surface area contributed by atoms with Crippen molar-refractivity contribution in [2.45, 2.75) is 17.8 Å². The lowest BCUT2D eigenvalue weighted by molar-refractivity contribution is -0.143. The number of carbonyl (C=O) groups is 1. The van der Waals surface area contributed by atoms with Crippen LogP contribution in [0.5, 0.6) is 5.75 Å². The number of carboxylic acids is 1. The van der Waals surface area contributed by atoms with Crippen molar-refractivity contribution in [2.75, 3.05) is 7.11 Å². The van der Waals surface area contributed by atoms with Gasteiger partial charge in [0.05, 0.1) is 7.11 Å². The van der Waals surface area contributed by atoms with Crippen molar-refractivity contribution in [1.29, 1.82) is 0 Å². The lowest BCUT2D eigenvalue weighted by atomic mass is 9.94. The van der Waals surface area contributed by atoms with Gasteiger partial charge in [-0.3, -0.25) is 4.79 Å². The average Bonchev–Trinajstić information content (AvgIpc) is 2.82. The number of methoxy groups -OCH3 is 1. The lowest BCUT2D eigenvalue weighted by Gasteiger charge is -2.16. The van der Waals surface area contributed by atoms with Crippen molar-refractivity contribution in [1.82, 2.24) is 0 Å². The van der Waals surface area contributed by atoms with Crippen LogP contribution in [0.15, 0.2) is 12.1 Å². The van der Waals surface area contributed by atoms with Gasteiger partial charge >= 0.3 is 5.97 Å². The molecule has 0 heterocycles. The smallest absolute Gasteiger partial charge is 0.320 e. The Hall–Kier alpha value is -1.79. The second-order valence-corrected chi connectivity index (χ2v) is 4.06. The third-order valence-electron chi connectivity index (χ3n) is 3.02. The summed E-state index contributed by atoms with van der Waals surface area (Å²) in [4.78, 5) is 11.0. The minimum atomic E-state index is -3.55. The molecule has 0 spiro atoms. The first-order valence-corrected chi connectivity index (χ1v) is 4.91. The second-order valence-electron chi connectivity index (χ2n) is 4.06. The molecule has 1 unspecified atom stereocenters. The molecule has 1 aromatic carbocycles. The molecular formula is C11H8F4O3. The summed E-state index contributed by atoms with van der Waals surface area (Å²) < 4.78 is 57.6. The molecule has 1 atom stereocenters. The maximum atomic E-state index is 13.4. The number of aliphatic carboxylic acids is 1. The zero-order valence-corrected chi connectivity index (χ0v) is 9.14. The van der Waals surface area contributed by atoms with Crippen LogP contribution in [-0.4, -0.2) is 24.1 Å². The van der Waals surface area contributed by atoms with Crippen molar-refractivity contribution >= 4 is 5.97 Å². The molecule has 3 nitrogen and oxygen atoms in total. The Morgan fingerprint density at radius 1 is 1.39 bits per heavy atom. The van der Waals surface area contributed by atoms with E-state index in [1.54, 1.807) is 0 Å². The Bertz CT molecular complexity index is 529. The number of alkyl halides is 2. The van der Waals surface area contributed by atoms with Crippen molar-refractivity contribution < 1.29 is 32.2 Å². The topological polar surface area (TPSA) is 46.5 Å². The van der Waals surface area contributed by atoms with Crippen LogP contribution in [0.1, 0.15) is 12.0 Å². The highest BCUT2D eigenvalue weighted by molar-refractivity contribution is 5.88. The number of hydrogen-bond acceptors (Lipinski definition) is 2. The highest BCUT2D eigenvalue weighted by Crippen LogP contribution is 2.63. The summed E-state index contributed by atoms with van der Waals surface area (Å²) in [6.45, 7) is 0. The molecule has 1 aliphatic rings. The van der Waals surface area contributed by atoms with Gasteiger partial charge in [0.15, 0.2) is 17.0 Å². The van der Waals surface area contributed by atoms with Crippen LogP contribution in [0.4, 0.5) is 17.6 Å². The van der Waals surface area contributed by atoms with E-state index >= 15 is 0 Å². The second kappa shape index (κ2) is 3.60. The Kier molecular flexibility index (Phi) is 2.53. The van der Waals surface area contributed by atoms with Crippen LogP contribution >= 0.6 is 0 Å². The molecule has 0 radical (unpaired) electrons. The maximum Gasteiger partial charge on any atom is 0.320 e. The number of hydrogen-bond donors (Lipinski definition) is 1. The van der Waals surface area contributed by atoms with Gasteiger partial charge in [-0.2, -0.15) is 0 Å². The molecule has 0 aliphatic heterocycles. The molecule has 18 heavy (non-hydrogen) atoms. The maximum absolute atomic E-state index is 13.4. The summed E-state index contributed by atoms with van der Waals surface area (Å²) in [7, 11) is 0.996. The van der Waals surface area contributed by atoms with Crippen LogP contribution in [0, 0.1) is 11.6 Å². The average molecular weight is 264 g/mol. The summed E-state index contributed by atoms with van der Waals surface area (Å²) in [5.74, 6) is -8.40. The lowest BCUT2D eigenvalue weighted by Crippen LogP contribution is -2.28. The van der Waals surface area contributed by atoms with Crippen molar-refractivity contribution in [3.63, 3.8) is 0 Å². The number of halogens is 4. The summed E-state index contributed by atoms with van der Waals surface area (Å²) in [6, 6.07) is 1.01. The molecule has 1 aliphatic carbocycles. The van der Waals surface area contributed by atoms with E-state index < -0.39 is 46.7 Å². The van der Waals surface area contributed by atoms with Gasteiger partial charge < -0.3 is 9.84 Å². The Balaban J connectivity index is 2.68. The van der Waals surface area contributed by atoms with Gasteiger partial charge in [-0.25, -0.2) is 17.6 Å². The fourth-order valence-electron chi connectivity index (χ4n) is 2.01. The minimum absolute atomic E-state index is 0.443. The first-order valence-electron chi connectivity index (χ1n) is 4.91. The normalized spacial score (nSPS) is 24.7. The zero-order valence-electron chi connectivity index (χ0n) is 9.14. The molecule has 1 saturated carbocycles. The van der Waals surface area contributed by atoms with Crippen LogP contribution in [0.3, 0.4) is 0 Å². The number of ether oxygens (including phenoxy) is 1. The van der Waals surface area contributed by atoms with E-state index in [0.29, 0.717) is 12.1 Å². The van der Waals surface area contributed by atoms with E-state index in [4.69, 9.17) is 5.11 Å². The largest absolute Gasteiger partial charge is 0.493 e. The van der Waals surface area contributed by atoms with Gasteiger partial charge in [-0.05, 0) is 6.07 Å². The Labute approximate surface area is 99.0 Å². The zero-order chi connectivity index (χ0) is 13.7. The highest BCUT2D eigenvalue weighted by atomic mass is 19.3. The van der Waals surface area contributed by atoms with Crippen LogP contribution < -0.4 is 4.74 Å². The molecule has 0 saturated heterocycles. The molecule has 7 heteroatoms. The van der Waals surface area contributed by atoms with E-state index in [-0.39, 0.29) is 0 Å². The molecule has 1 fully saturated rings. The van der Waals surface area contributed by atoms with E-state index in [1.165, 1.54) is 0 Å². The predicted octanol–water partition coefficient (Wildman–Crippen LogP) is 2.33. The van der Waals surface area contributed by atoms with Crippen LogP contribution in [0.2, 0.25) is 0 Å². The molecule has 0 amide bonds. The third-order valence-corrected chi connectivity index (χ3v) is 3.02. The molecule has 1 N–H and O–H groups in total. The Morgan fingerprint density at radius 2 is 1.94 bits per heavy atom. The van der Waals surface area contributed by atoms with Gasteiger partial charge in [-0.15, -0.1) is 0 Å². The van der Waals surface area contributed by atoms with Crippen molar-refractivity contribution in [2.24, 2.45) is 0 Å². The summed E-state index contributed by atoms with van der Waals surface area (Å²) in [5, 5.41) is 8.91. The standard InChI is InChI=1S/C11H8F4O3/c1-18-8-6(2-5(12)3-7(8)13)10(9(16)17)4-11(10,14)15/h2-3H,4H2,1H3,(H,16,17). The van der Waals surface area contributed by atoms with Gasteiger partial charge in [0.25, 0.3) is 5.92 Å². The van der Waals surface area contributed by atoms with Gasteiger partial charge in [0.2, 0.25) is 0 Å². The predicted molar refractivity (Wildman–Crippen MR) is 51.8 cm³/mol. The third kappa shape index (κ3) is 1.46. The van der Waals surface area contributed by atoms with E-state index in [1.807, 2.05) is 0 Å². The van der Waals surface area contributed by atoms with Gasteiger partial charge in [0.1, 0.15) is 5.82 Å². The van der Waals surface area contributed by atoms with Crippen LogP contribution in [-0.2, 0) is 10.2 Å². The van der Waals surface area contributed by atoms with Gasteiger partial charge in [-0.1, -0.05) is 0 Å². The summed E-state index contributed by atoms with van der Waals surface area (Å²) in [5.41, 5.74) is -3.29. The van der Waals surface area contributed by atoms with Gasteiger partial charge in [0, 0.05) is 18.1 Å². The van der Waals surface area contributed by atoms with Crippen molar-refractivity contribution in [3.8, 4) is 5.75 Å². The Morgan fingerprint density at radius 3 is 2.33 bits per heavy atom. The number of carboxylic acid groups (broad SMARTS) is 1. The first-order chi connectivity index (χ1) is 8.26.